The number of phenols is 1. The van der Waals surface area contributed by atoms with Gasteiger partial charge in [-0.25, -0.2) is 10.2 Å². The van der Waals surface area contributed by atoms with Crippen molar-refractivity contribution < 1.29 is 9.90 Å². The largest absolute Gasteiger partial charge is 0.507 e. The van der Waals surface area contributed by atoms with Crippen molar-refractivity contribution in [3.63, 3.8) is 0 Å². The summed E-state index contributed by atoms with van der Waals surface area (Å²) in [6, 6.07) is 6.18. The molecule has 1 aromatic rings. The number of nitrogens with two attached hydrogens (primary N) is 1. The molecule has 0 bridgehead atoms. The van der Waals surface area contributed by atoms with E-state index in [2.05, 4.69) is 10.5 Å². The van der Waals surface area contributed by atoms with Crippen LogP contribution in [0.4, 0.5) is 4.79 Å². The summed E-state index contributed by atoms with van der Waals surface area (Å²) in [5.41, 5.74) is 7.83. The predicted molar refractivity (Wildman–Crippen MR) is 68.2 cm³/mol. The van der Waals surface area contributed by atoms with Crippen molar-refractivity contribution in [1.29, 1.82) is 0 Å². The molecular weight excluding hydrogens is 232 g/mol. The van der Waals surface area contributed by atoms with Crippen molar-refractivity contribution in [3.05, 3.63) is 29.8 Å². The van der Waals surface area contributed by atoms with Gasteiger partial charge in [-0.2, -0.15) is 5.10 Å². The second-order valence-corrected chi connectivity index (χ2v) is 4.12. The molecule has 96 valence electrons. The number of phenolic OH excluding ortho intramolecular Hbond substituents is 1. The average Bonchev–Trinajstić information content (AvgIpc) is 2.85. The van der Waals surface area contributed by atoms with E-state index in [4.69, 9.17) is 5.73 Å². The van der Waals surface area contributed by atoms with Gasteiger partial charge < -0.3 is 15.7 Å². The van der Waals surface area contributed by atoms with E-state index in [0.29, 0.717) is 11.4 Å². The number of amidine groups is 1. The first-order valence-electron chi connectivity index (χ1n) is 5.85. The molecule has 6 heteroatoms. The molecule has 6 nitrogen and oxygen atoms in total. The van der Waals surface area contributed by atoms with Crippen LogP contribution in [0.3, 0.4) is 0 Å². The lowest BCUT2D eigenvalue weighted by molar-refractivity contribution is 0.249. The number of hydrogen-bond donors (Lipinski definition) is 3. The first-order valence-corrected chi connectivity index (χ1v) is 5.85. The highest BCUT2D eigenvalue weighted by molar-refractivity contribution is 6.01. The molecule has 4 N–H and O–H groups in total. The topological polar surface area (TPSA) is 91.0 Å². The molecule has 2 amide bonds. The Morgan fingerprint density at radius 2 is 2.00 bits per heavy atom. The third-order valence-corrected chi connectivity index (χ3v) is 2.82. The van der Waals surface area contributed by atoms with Crippen molar-refractivity contribution in [2.45, 2.75) is 12.8 Å². The van der Waals surface area contributed by atoms with Crippen LogP contribution in [0.1, 0.15) is 18.4 Å². The molecule has 18 heavy (non-hydrogen) atoms. The van der Waals surface area contributed by atoms with Crippen LogP contribution >= 0.6 is 0 Å². The summed E-state index contributed by atoms with van der Waals surface area (Å²) in [5, 5.41) is 13.8. The summed E-state index contributed by atoms with van der Waals surface area (Å²) in [6.07, 6.45) is 2.15. The minimum absolute atomic E-state index is 0.134. The molecule has 2 rings (SSSR count). The molecule has 1 heterocycles. The number of urea groups is 1. The maximum Gasteiger partial charge on any atom is 0.332 e. The number of carbonyl (C=O) groups is 1. The first kappa shape index (κ1) is 12.2. The summed E-state index contributed by atoms with van der Waals surface area (Å²) in [4.78, 5) is 12.8. The minimum atomic E-state index is -0.720. The average molecular weight is 248 g/mol. The van der Waals surface area contributed by atoms with Crippen LogP contribution < -0.4 is 11.2 Å². The molecule has 1 aliphatic heterocycles. The molecule has 1 saturated heterocycles. The van der Waals surface area contributed by atoms with E-state index in [1.807, 2.05) is 11.0 Å². The van der Waals surface area contributed by atoms with Crippen LogP contribution in [-0.2, 0) is 0 Å². The van der Waals surface area contributed by atoms with E-state index >= 15 is 0 Å². The zero-order valence-electron chi connectivity index (χ0n) is 9.97. The quantitative estimate of drug-likeness (QED) is 0.411. The number of hydrazone groups is 1. The van der Waals surface area contributed by atoms with E-state index in [1.54, 1.807) is 18.2 Å². The highest BCUT2D eigenvalue weighted by Gasteiger charge is 2.20. The Bertz CT molecular complexity index is 467. The van der Waals surface area contributed by atoms with Crippen LogP contribution in [0.2, 0.25) is 0 Å². The lowest BCUT2D eigenvalue weighted by Gasteiger charge is -2.20. The number of aromatic hydroxyl groups is 1. The zero-order valence-corrected chi connectivity index (χ0v) is 9.97. The van der Waals surface area contributed by atoms with Gasteiger partial charge in [-0.05, 0) is 25.0 Å². The molecule has 1 fully saturated rings. The second-order valence-electron chi connectivity index (χ2n) is 4.12. The second kappa shape index (κ2) is 5.39. The van der Waals surface area contributed by atoms with E-state index < -0.39 is 6.03 Å². The summed E-state index contributed by atoms with van der Waals surface area (Å²) in [7, 11) is 0. The number of nitrogens with one attached hydrogen (secondary N) is 1. The molecule has 0 saturated carbocycles. The minimum Gasteiger partial charge on any atom is -0.507 e. The van der Waals surface area contributed by atoms with Gasteiger partial charge in [0, 0.05) is 13.1 Å². The Morgan fingerprint density at radius 3 is 2.61 bits per heavy atom. The van der Waals surface area contributed by atoms with Crippen LogP contribution in [0.25, 0.3) is 0 Å². The van der Waals surface area contributed by atoms with Gasteiger partial charge in [0.2, 0.25) is 0 Å². The molecule has 0 atom stereocenters. The van der Waals surface area contributed by atoms with Gasteiger partial charge in [0.15, 0.2) is 5.84 Å². The Kier molecular flexibility index (Phi) is 3.66. The van der Waals surface area contributed by atoms with Gasteiger partial charge in [0.1, 0.15) is 5.75 Å². The fourth-order valence-electron chi connectivity index (χ4n) is 2.00. The number of amides is 2. The SMILES string of the molecule is NC(=O)N/N=C(/c1ccccc1O)N1CCCC1. The fraction of sp³-hybridized carbons (Fsp3) is 0.333. The monoisotopic (exact) mass is 248 g/mol. The number of hydrogen-bond acceptors (Lipinski definition) is 3. The molecule has 0 radical (unpaired) electrons. The number of carbonyl (C=O) groups excluding carboxylic acids is 1. The van der Waals surface area contributed by atoms with Crippen LogP contribution in [-0.4, -0.2) is 35.0 Å². The zero-order chi connectivity index (χ0) is 13.0. The number of benzene rings is 1. The third-order valence-electron chi connectivity index (χ3n) is 2.82. The molecule has 0 aromatic heterocycles. The number of likely N-dealkylation sites (tertiary alicyclic amines) is 1. The number of para-hydroxylation sites is 1. The lowest BCUT2D eigenvalue weighted by atomic mass is 10.1. The van der Waals surface area contributed by atoms with Crippen LogP contribution in [0.15, 0.2) is 29.4 Å². The maximum atomic E-state index is 10.8. The fourth-order valence-corrected chi connectivity index (χ4v) is 2.00. The van der Waals surface area contributed by atoms with Crippen LogP contribution in [0.5, 0.6) is 5.75 Å². The number of rotatable bonds is 2. The highest BCUT2D eigenvalue weighted by Crippen LogP contribution is 2.21. The van der Waals surface area contributed by atoms with Gasteiger partial charge in [-0.15, -0.1) is 0 Å². The van der Waals surface area contributed by atoms with Gasteiger partial charge in [0.25, 0.3) is 0 Å². The van der Waals surface area contributed by atoms with Crippen LogP contribution in [0, 0.1) is 0 Å². The van der Waals surface area contributed by atoms with Gasteiger partial charge in [-0.1, -0.05) is 12.1 Å². The highest BCUT2D eigenvalue weighted by atomic mass is 16.3. The number of primary amides is 1. The Labute approximate surface area is 105 Å². The third kappa shape index (κ3) is 2.71. The molecule has 1 aromatic carbocycles. The van der Waals surface area contributed by atoms with Crippen molar-refractivity contribution in [2.75, 3.05) is 13.1 Å². The van der Waals surface area contributed by atoms with Gasteiger partial charge in [0.05, 0.1) is 5.56 Å². The van der Waals surface area contributed by atoms with Crippen molar-refractivity contribution >= 4 is 11.9 Å². The summed E-state index contributed by atoms with van der Waals surface area (Å²) < 4.78 is 0. The summed E-state index contributed by atoms with van der Waals surface area (Å²) >= 11 is 0. The van der Waals surface area contributed by atoms with E-state index in [1.165, 1.54) is 0 Å². The molecule has 0 spiro atoms. The standard InChI is InChI=1S/C12H16N4O2/c13-12(18)15-14-11(16-7-3-4-8-16)9-5-1-2-6-10(9)17/h1-2,5-6,17H,3-4,7-8H2,(H3,13,15,18)/b14-11-. The molecule has 0 unspecified atom stereocenters. The normalized spacial score (nSPS) is 15.8. The lowest BCUT2D eigenvalue weighted by Crippen LogP contribution is -2.33. The summed E-state index contributed by atoms with van der Waals surface area (Å²) in [5.74, 6) is 0.679. The first-order chi connectivity index (χ1) is 8.68. The summed E-state index contributed by atoms with van der Waals surface area (Å²) in [6.45, 7) is 1.71. The number of nitrogens with zero attached hydrogens (tertiary/aromatic N) is 2. The van der Waals surface area contributed by atoms with E-state index in [-0.39, 0.29) is 5.75 Å². The molecule has 1 aliphatic rings. The van der Waals surface area contributed by atoms with Crippen molar-refractivity contribution in [1.82, 2.24) is 10.3 Å². The molecule has 0 aliphatic carbocycles. The Morgan fingerprint density at radius 1 is 1.33 bits per heavy atom. The van der Waals surface area contributed by atoms with Gasteiger partial charge >= 0.3 is 6.03 Å². The molecular formula is C12H16N4O2. The Hall–Kier alpha value is -2.24. The maximum absolute atomic E-state index is 10.8. The predicted octanol–water partition coefficient (Wildman–Crippen LogP) is 0.818. The van der Waals surface area contributed by atoms with E-state index in [0.717, 1.165) is 25.9 Å². The van der Waals surface area contributed by atoms with Crippen molar-refractivity contribution in [2.24, 2.45) is 10.8 Å². The Balaban J connectivity index is 2.32. The van der Waals surface area contributed by atoms with Gasteiger partial charge in [-0.3, -0.25) is 0 Å². The van der Waals surface area contributed by atoms with Crippen molar-refractivity contribution in [3.8, 4) is 5.75 Å². The van der Waals surface area contributed by atoms with E-state index in [9.17, 15) is 9.90 Å². The smallest absolute Gasteiger partial charge is 0.332 e.